The van der Waals surface area contributed by atoms with E-state index in [-0.39, 0.29) is 5.91 Å². The summed E-state index contributed by atoms with van der Waals surface area (Å²) in [7, 11) is 0. The normalized spacial score (nSPS) is 10.7. The Hall–Kier alpha value is -0.840. The first-order valence-electron chi connectivity index (χ1n) is 5.13. The summed E-state index contributed by atoms with van der Waals surface area (Å²) in [5.74, 6) is -0.275. The molecule has 1 aromatic heterocycles. The summed E-state index contributed by atoms with van der Waals surface area (Å²) in [6.45, 7) is 3.64. The van der Waals surface area contributed by atoms with E-state index >= 15 is 0 Å². The van der Waals surface area contributed by atoms with Gasteiger partial charge in [0, 0.05) is 5.02 Å². The molecule has 0 N–H and O–H groups in total. The van der Waals surface area contributed by atoms with E-state index in [1.165, 1.54) is 10.7 Å². The average molecular weight is 348 g/mol. The van der Waals surface area contributed by atoms with E-state index in [1.54, 1.807) is 12.1 Å². The van der Waals surface area contributed by atoms with E-state index in [0.29, 0.717) is 15.6 Å². The largest absolute Gasteiger partial charge is 0.279 e. The standard InChI is InChI=1S/C12H9BrCl2N2O/c1-6-11(13)7(2)17(16-6)12(18)9-4-3-8(14)5-10(9)15/h3-5H,1-2H3. The lowest BCUT2D eigenvalue weighted by molar-refractivity contribution is 0.0942. The lowest BCUT2D eigenvalue weighted by Crippen LogP contribution is -2.15. The minimum Gasteiger partial charge on any atom is -0.267 e. The second-order valence-electron chi connectivity index (χ2n) is 3.83. The molecular formula is C12H9BrCl2N2O. The van der Waals surface area contributed by atoms with Crippen molar-refractivity contribution >= 4 is 45.0 Å². The number of benzene rings is 1. The number of nitrogens with zero attached hydrogens (tertiary/aromatic N) is 2. The third-order valence-corrected chi connectivity index (χ3v) is 4.25. The van der Waals surface area contributed by atoms with Gasteiger partial charge in [0.2, 0.25) is 0 Å². The molecule has 1 heterocycles. The summed E-state index contributed by atoms with van der Waals surface area (Å²) in [4.78, 5) is 12.3. The highest BCUT2D eigenvalue weighted by Crippen LogP contribution is 2.24. The number of carbonyl (C=O) groups is 1. The van der Waals surface area contributed by atoms with Gasteiger partial charge in [0.1, 0.15) is 0 Å². The van der Waals surface area contributed by atoms with Crippen molar-refractivity contribution < 1.29 is 4.79 Å². The fourth-order valence-corrected chi connectivity index (χ4v) is 2.34. The predicted molar refractivity (Wildman–Crippen MR) is 75.6 cm³/mol. The molecule has 0 aliphatic carbocycles. The molecule has 0 fully saturated rings. The van der Waals surface area contributed by atoms with Crippen molar-refractivity contribution in [2.24, 2.45) is 0 Å². The molecule has 1 aromatic carbocycles. The van der Waals surface area contributed by atoms with E-state index in [9.17, 15) is 4.79 Å². The highest BCUT2D eigenvalue weighted by molar-refractivity contribution is 9.10. The summed E-state index contributed by atoms with van der Waals surface area (Å²) >= 11 is 15.2. The van der Waals surface area contributed by atoms with Crippen molar-refractivity contribution in [2.75, 3.05) is 0 Å². The smallest absolute Gasteiger partial charge is 0.267 e. The Bertz CT molecular complexity index is 637. The lowest BCUT2D eigenvalue weighted by atomic mass is 10.2. The summed E-state index contributed by atoms with van der Waals surface area (Å²) in [6.07, 6.45) is 0. The van der Waals surface area contributed by atoms with E-state index in [4.69, 9.17) is 23.2 Å². The van der Waals surface area contributed by atoms with Crippen LogP contribution in [0.3, 0.4) is 0 Å². The fraction of sp³-hybridized carbons (Fsp3) is 0.167. The molecule has 6 heteroatoms. The van der Waals surface area contributed by atoms with Crippen LogP contribution in [0.5, 0.6) is 0 Å². The summed E-state index contributed by atoms with van der Waals surface area (Å²) in [5, 5.41) is 4.99. The van der Waals surface area contributed by atoms with Gasteiger partial charge < -0.3 is 0 Å². The van der Waals surface area contributed by atoms with Gasteiger partial charge in [-0.15, -0.1) is 0 Å². The monoisotopic (exact) mass is 346 g/mol. The molecule has 0 aliphatic rings. The van der Waals surface area contributed by atoms with Gasteiger partial charge in [-0.1, -0.05) is 23.2 Å². The molecule has 0 unspecified atom stereocenters. The Balaban J connectivity index is 2.51. The zero-order valence-corrected chi connectivity index (χ0v) is 12.8. The van der Waals surface area contributed by atoms with Gasteiger partial charge in [0.15, 0.2) is 0 Å². The average Bonchev–Trinajstić information content (AvgIpc) is 2.56. The Morgan fingerprint density at radius 3 is 2.50 bits per heavy atom. The van der Waals surface area contributed by atoms with Crippen molar-refractivity contribution in [1.29, 1.82) is 0 Å². The molecule has 3 nitrogen and oxygen atoms in total. The first-order chi connectivity index (χ1) is 8.41. The Labute approximate surface area is 123 Å². The molecule has 94 valence electrons. The van der Waals surface area contributed by atoms with Crippen molar-refractivity contribution in [2.45, 2.75) is 13.8 Å². The third kappa shape index (κ3) is 2.32. The first kappa shape index (κ1) is 13.6. The van der Waals surface area contributed by atoms with Crippen LogP contribution in [0.25, 0.3) is 0 Å². The van der Waals surface area contributed by atoms with Crippen molar-refractivity contribution in [1.82, 2.24) is 9.78 Å². The van der Waals surface area contributed by atoms with Crippen LogP contribution in [0.4, 0.5) is 0 Å². The Kier molecular flexibility index (Phi) is 3.80. The van der Waals surface area contributed by atoms with Crippen LogP contribution in [0.15, 0.2) is 22.7 Å². The van der Waals surface area contributed by atoms with Crippen LogP contribution in [-0.2, 0) is 0 Å². The van der Waals surface area contributed by atoms with Gasteiger partial charge in [-0.05, 0) is 48.0 Å². The van der Waals surface area contributed by atoms with Crippen molar-refractivity contribution in [3.05, 3.63) is 49.7 Å². The SMILES string of the molecule is Cc1nn(C(=O)c2ccc(Cl)cc2Cl)c(C)c1Br. The maximum atomic E-state index is 12.3. The quantitative estimate of drug-likeness (QED) is 0.772. The minimum atomic E-state index is -0.275. The zero-order chi connectivity index (χ0) is 13.4. The number of aryl methyl sites for hydroxylation is 1. The van der Waals surface area contributed by atoms with E-state index in [1.807, 2.05) is 13.8 Å². The molecule has 18 heavy (non-hydrogen) atoms. The molecular weight excluding hydrogens is 339 g/mol. The summed E-state index contributed by atoms with van der Waals surface area (Å²) in [6, 6.07) is 4.76. The number of hydrogen-bond acceptors (Lipinski definition) is 2. The fourth-order valence-electron chi connectivity index (χ4n) is 1.60. The molecule has 0 amide bonds. The predicted octanol–water partition coefficient (Wildman–Crippen LogP) is 4.26. The van der Waals surface area contributed by atoms with E-state index < -0.39 is 0 Å². The summed E-state index contributed by atoms with van der Waals surface area (Å²) in [5.41, 5.74) is 1.87. The molecule has 0 saturated heterocycles. The highest BCUT2D eigenvalue weighted by atomic mass is 79.9. The van der Waals surface area contributed by atoms with Crippen LogP contribution in [0.2, 0.25) is 10.0 Å². The molecule has 0 aliphatic heterocycles. The maximum absolute atomic E-state index is 12.3. The lowest BCUT2D eigenvalue weighted by Gasteiger charge is -2.05. The zero-order valence-electron chi connectivity index (χ0n) is 9.67. The van der Waals surface area contributed by atoms with Crippen molar-refractivity contribution in [3.8, 4) is 0 Å². The molecule has 0 atom stereocenters. The molecule has 0 bridgehead atoms. The highest BCUT2D eigenvalue weighted by Gasteiger charge is 2.18. The van der Waals surface area contributed by atoms with Gasteiger partial charge in [-0.3, -0.25) is 4.79 Å². The number of aromatic nitrogens is 2. The Morgan fingerprint density at radius 1 is 1.33 bits per heavy atom. The first-order valence-corrected chi connectivity index (χ1v) is 6.68. The van der Waals surface area contributed by atoms with Crippen LogP contribution in [-0.4, -0.2) is 15.7 Å². The van der Waals surface area contributed by atoms with Gasteiger partial charge in [-0.25, -0.2) is 0 Å². The molecule has 2 rings (SSSR count). The van der Waals surface area contributed by atoms with Crippen LogP contribution >= 0.6 is 39.1 Å². The van der Waals surface area contributed by atoms with Gasteiger partial charge in [-0.2, -0.15) is 9.78 Å². The Morgan fingerprint density at radius 2 is 2.00 bits per heavy atom. The van der Waals surface area contributed by atoms with Crippen molar-refractivity contribution in [3.63, 3.8) is 0 Å². The number of halogens is 3. The van der Waals surface area contributed by atoms with E-state index in [0.717, 1.165) is 15.9 Å². The second-order valence-corrected chi connectivity index (χ2v) is 5.46. The number of carbonyl (C=O) groups excluding carboxylic acids is 1. The van der Waals surface area contributed by atoms with Gasteiger partial charge in [0.25, 0.3) is 5.91 Å². The maximum Gasteiger partial charge on any atom is 0.279 e. The van der Waals surface area contributed by atoms with Crippen LogP contribution < -0.4 is 0 Å². The summed E-state index contributed by atoms with van der Waals surface area (Å²) < 4.78 is 2.15. The van der Waals surface area contributed by atoms with Gasteiger partial charge in [0.05, 0.1) is 26.4 Å². The molecule has 0 spiro atoms. The second kappa shape index (κ2) is 5.03. The number of rotatable bonds is 1. The van der Waals surface area contributed by atoms with E-state index in [2.05, 4.69) is 21.0 Å². The van der Waals surface area contributed by atoms with Gasteiger partial charge >= 0.3 is 0 Å². The molecule has 2 aromatic rings. The minimum absolute atomic E-state index is 0.275. The van der Waals surface area contributed by atoms with Crippen LogP contribution in [0, 0.1) is 13.8 Å². The molecule has 0 saturated carbocycles. The van der Waals surface area contributed by atoms with Crippen LogP contribution in [0.1, 0.15) is 21.7 Å². The third-order valence-electron chi connectivity index (χ3n) is 2.56. The number of hydrogen-bond donors (Lipinski definition) is 0. The molecule has 0 radical (unpaired) electrons. The topological polar surface area (TPSA) is 34.9 Å².